The molecule has 94 valence electrons. The molecule has 1 aromatic heterocycles. The largest absolute Gasteiger partial charge is 0.299 e. The van der Waals surface area contributed by atoms with Crippen molar-refractivity contribution in [1.82, 2.24) is 9.78 Å². The molecule has 2 rings (SSSR count). The summed E-state index contributed by atoms with van der Waals surface area (Å²) in [6.45, 7) is 4.19. The molecular formula is C14H22N2O. The monoisotopic (exact) mass is 234 g/mol. The summed E-state index contributed by atoms with van der Waals surface area (Å²) < 4.78 is 1.92. The minimum Gasteiger partial charge on any atom is -0.299 e. The first-order valence-electron chi connectivity index (χ1n) is 6.73. The zero-order chi connectivity index (χ0) is 12.3. The lowest BCUT2D eigenvalue weighted by Gasteiger charge is -2.19. The molecule has 1 aliphatic carbocycles. The molecule has 0 aromatic carbocycles. The second kappa shape index (κ2) is 5.48. The SMILES string of the molecule is CC(C)n1ccc(CC(=O)C2CCCCC2)n1. The maximum atomic E-state index is 12.1. The first kappa shape index (κ1) is 12.3. The van der Waals surface area contributed by atoms with E-state index in [1.54, 1.807) is 0 Å². The Kier molecular flexibility index (Phi) is 3.97. The van der Waals surface area contributed by atoms with Crippen molar-refractivity contribution in [1.29, 1.82) is 0 Å². The molecule has 1 saturated carbocycles. The molecule has 0 spiro atoms. The molecular weight excluding hydrogens is 212 g/mol. The van der Waals surface area contributed by atoms with Crippen LogP contribution < -0.4 is 0 Å². The van der Waals surface area contributed by atoms with Crippen LogP contribution in [-0.4, -0.2) is 15.6 Å². The molecule has 3 nitrogen and oxygen atoms in total. The fraction of sp³-hybridized carbons (Fsp3) is 0.714. The molecule has 1 aliphatic rings. The standard InChI is InChI=1S/C14H22N2O/c1-11(2)16-9-8-13(15-16)10-14(17)12-6-4-3-5-7-12/h8-9,11-12H,3-7,10H2,1-2H3. The van der Waals surface area contributed by atoms with Crippen molar-refractivity contribution in [3.63, 3.8) is 0 Å². The van der Waals surface area contributed by atoms with Crippen molar-refractivity contribution >= 4 is 5.78 Å². The molecule has 3 heteroatoms. The van der Waals surface area contributed by atoms with Crippen molar-refractivity contribution < 1.29 is 4.79 Å². The van der Waals surface area contributed by atoms with Crippen LogP contribution in [0.2, 0.25) is 0 Å². The Morgan fingerprint density at radius 2 is 2.12 bits per heavy atom. The highest BCUT2D eigenvalue weighted by atomic mass is 16.1. The lowest BCUT2D eigenvalue weighted by Crippen LogP contribution is -2.19. The Labute approximate surface area is 103 Å². The number of hydrogen-bond donors (Lipinski definition) is 0. The molecule has 1 heterocycles. The van der Waals surface area contributed by atoms with E-state index in [1.165, 1.54) is 19.3 Å². The van der Waals surface area contributed by atoms with Crippen LogP contribution >= 0.6 is 0 Å². The summed E-state index contributed by atoms with van der Waals surface area (Å²) in [6.07, 6.45) is 8.39. The number of carbonyl (C=O) groups is 1. The van der Waals surface area contributed by atoms with Gasteiger partial charge in [0, 0.05) is 18.2 Å². The summed E-state index contributed by atoms with van der Waals surface area (Å²) in [5, 5.41) is 4.44. The van der Waals surface area contributed by atoms with Crippen molar-refractivity contribution in [3.8, 4) is 0 Å². The topological polar surface area (TPSA) is 34.9 Å². The van der Waals surface area contributed by atoms with E-state index in [-0.39, 0.29) is 0 Å². The van der Waals surface area contributed by atoms with Gasteiger partial charge in [-0.15, -0.1) is 0 Å². The zero-order valence-electron chi connectivity index (χ0n) is 10.9. The van der Waals surface area contributed by atoms with Gasteiger partial charge in [-0.1, -0.05) is 19.3 Å². The molecule has 0 amide bonds. The fourth-order valence-corrected chi connectivity index (χ4v) is 2.51. The molecule has 0 bridgehead atoms. The highest BCUT2D eigenvalue weighted by Crippen LogP contribution is 2.25. The number of Topliss-reactive ketones (excluding diaryl/α,β-unsaturated/α-hetero) is 1. The molecule has 17 heavy (non-hydrogen) atoms. The Morgan fingerprint density at radius 1 is 1.41 bits per heavy atom. The molecule has 0 unspecified atom stereocenters. The van der Waals surface area contributed by atoms with E-state index in [1.807, 2.05) is 16.9 Å². The number of carbonyl (C=O) groups excluding carboxylic acids is 1. The van der Waals surface area contributed by atoms with Gasteiger partial charge in [-0.3, -0.25) is 9.48 Å². The van der Waals surface area contributed by atoms with E-state index in [0.717, 1.165) is 18.5 Å². The smallest absolute Gasteiger partial charge is 0.141 e. The van der Waals surface area contributed by atoms with Gasteiger partial charge in [0.2, 0.25) is 0 Å². The summed E-state index contributed by atoms with van der Waals surface area (Å²) >= 11 is 0. The predicted octanol–water partition coefficient (Wildman–Crippen LogP) is 3.16. The van der Waals surface area contributed by atoms with Crippen LogP contribution in [0.4, 0.5) is 0 Å². The molecule has 0 radical (unpaired) electrons. The van der Waals surface area contributed by atoms with Gasteiger partial charge < -0.3 is 0 Å². The van der Waals surface area contributed by atoms with Crippen LogP contribution in [0.25, 0.3) is 0 Å². The minimum absolute atomic E-state index is 0.299. The number of ketones is 1. The van der Waals surface area contributed by atoms with Gasteiger partial charge in [0.05, 0.1) is 12.1 Å². The highest BCUT2D eigenvalue weighted by molar-refractivity contribution is 5.82. The summed E-state index contributed by atoms with van der Waals surface area (Å²) in [5.74, 6) is 0.687. The second-order valence-corrected chi connectivity index (χ2v) is 5.36. The second-order valence-electron chi connectivity index (χ2n) is 5.36. The van der Waals surface area contributed by atoms with Crippen LogP contribution in [0.15, 0.2) is 12.3 Å². The van der Waals surface area contributed by atoms with Crippen LogP contribution in [0.5, 0.6) is 0 Å². The normalized spacial score (nSPS) is 17.6. The molecule has 0 aliphatic heterocycles. The Hall–Kier alpha value is -1.12. The lowest BCUT2D eigenvalue weighted by atomic mass is 9.85. The van der Waals surface area contributed by atoms with Gasteiger partial charge in [0.25, 0.3) is 0 Å². The summed E-state index contributed by atoms with van der Waals surface area (Å²) in [5.41, 5.74) is 0.925. The van der Waals surface area contributed by atoms with E-state index < -0.39 is 0 Å². The molecule has 0 N–H and O–H groups in total. The van der Waals surface area contributed by atoms with Gasteiger partial charge in [-0.05, 0) is 32.8 Å². The lowest BCUT2D eigenvalue weighted by molar-refractivity contribution is -0.123. The van der Waals surface area contributed by atoms with Crippen molar-refractivity contribution in [2.45, 2.75) is 58.4 Å². The van der Waals surface area contributed by atoms with E-state index in [4.69, 9.17) is 0 Å². The van der Waals surface area contributed by atoms with E-state index >= 15 is 0 Å². The third-order valence-corrected chi connectivity index (χ3v) is 3.61. The van der Waals surface area contributed by atoms with Gasteiger partial charge in [0.1, 0.15) is 5.78 Å². The quantitative estimate of drug-likeness (QED) is 0.802. The first-order chi connectivity index (χ1) is 8.16. The summed E-state index contributed by atoms with van der Waals surface area (Å²) in [6, 6.07) is 2.34. The Morgan fingerprint density at radius 3 is 2.71 bits per heavy atom. The number of rotatable bonds is 4. The van der Waals surface area contributed by atoms with Crippen LogP contribution in [0.1, 0.15) is 57.7 Å². The summed E-state index contributed by atoms with van der Waals surface area (Å²) in [7, 11) is 0. The number of aromatic nitrogens is 2. The van der Waals surface area contributed by atoms with Crippen molar-refractivity contribution in [3.05, 3.63) is 18.0 Å². The molecule has 0 atom stereocenters. The van der Waals surface area contributed by atoms with E-state index in [9.17, 15) is 4.79 Å². The molecule has 1 fully saturated rings. The van der Waals surface area contributed by atoms with Crippen molar-refractivity contribution in [2.24, 2.45) is 5.92 Å². The zero-order valence-corrected chi connectivity index (χ0v) is 10.9. The van der Waals surface area contributed by atoms with Crippen molar-refractivity contribution in [2.75, 3.05) is 0 Å². The van der Waals surface area contributed by atoms with E-state index in [2.05, 4.69) is 18.9 Å². The third-order valence-electron chi connectivity index (χ3n) is 3.61. The average Bonchev–Trinajstić information content (AvgIpc) is 2.79. The predicted molar refractivity (Wildman–Crippen MR) is 67.9 cm³/mol. The number of hydrogen-bond acceptors (Lipinski definition) is 2. The van der Waals surface area contributed by atoms with Gasteiger partial charge >= 0.3 is 0 Å². The van der Waals surface area contributed by atoms with Crippen LogP contribution in [0.3, 0.4) is 0 Å². The first-order valence-corrected chi connectivity index (χ1v) is 6.73. The highest BCUT2D eigenvalue weighted by Gasteiger charge is 2.21. The minimum atomic E-state index is 0.299. The summed E-state index contributed by atoms with van der Waals surface area (Å²) in [4.78, 5) is 12.1. The van der Waals surface area contributed by atoms with Gasteiger partial charge in [-0.2, -0.15) is 5.10 Å². The third kappa shape index (κ3) is 3.18. The molecule has 1 aromatic rings. The Bertz CT molecular complexity index is 375. The maximum Gasteiger partial charge on any atom is 0.141 e. The average molecular weight is 234 g/mol. The molecule has 0 saturated heterocycles. The van der Waals surface area contributed by atoms with Crippen LogP contribution in [-0.2, 0) is 11.2 Å². The van der Waals surface area contributed by atoms with Crippen LogP contribution in [0, 0.1) is 5.92 Å². The fourth-order valence-electron chi connectivity index (χ4n) is 2.51. The Balaban J connectivity index is 1.92. The van der Waals surface area contributed by atoms with E-state index in [0.29, 0.717) is 24.2 Å². The maximum absolute atomic E-state index is 12.1. The van der Waals surface area contributed by atoms with Gasteiger partial charge in [-0.25, -0.2) is 0 Å². The number of nitrogens with zero attached hydrogens (tertiary/aromatic N) is 2. The van der Waals surface area contributed by atoms with Gasteiger partial charge in [0.15, 0.2) is 0 Å².